The van der Waals surface area contributed by atoms with Crippen molar-refractivity contribution in [2.24, 2.45) is 5.84 Å². The number of nitrogens with one attached hydrogen (secondary N) is 1. The highest BCUT2D eigenvalue weighted by Gasteiger charge is 2.21. The lowest BCUT2D eigenvalue weighted by molar-refractivity contribution is 0.219. The molecule has 0 aliphatic carbocycles. The third-order valence-corrected chi connectivity index (χ3v) is 3.20. The minimum atomic E-state index is -0.0548. The number of hydrogen-bond donors (Lipinski definition) is 2. The predicted molar refractivity (Wildman–Crippen MR) is 71.1 cm³/mol. The fraction of sp³-hybridized carbons (Fsp3) is 0.429. The topological polar surface area (TPSA) is 56.5 Å². The van der Waals surface area contributed by atoms with Gasteiger partial charge in [0.2, 0.25) is 0 Å². The maximum Gasteiger partial charge on any atom is 0.124 e. The third-order valence-electron chi connectivity index (χ3n) is 3.20. The molecule has 1 atom stereocenters. The van der Waals surface area contributed by atoms with Gasteiger partial charge in [-0.25, -0.2) is 5.43 Å². The Labute approximate surface area is 108 Å². The van der Waals surface area contributed by atoms with Gasteiger partial charge >= 0.3 is 0 Å². The molecule has 98 valence electrons. The fourth-order valence-corrected chi connectivity index (χ4v) is 2.25. The van der Waals surface area contributed by atoms with Crippen LogP contribution in [0.15, 0.2) is 30.0 Å². The summed E-state index contributed by atoms with van der Waals surface area (Å²) < 4.78 is 10.8. The zero-order valence-corrected chi connectivity index (χ0v) is 10.9. The largest absolute Gasteiger partial charge is 0.501 e. The first-order valence-electron chi connectivity index (χ1n) is 6.17. The first kappa shape index (κ1) is 12.9. The van der Waals surface area contributed by atoms with Crippen molar-refractivity contribution in [1.82, 2.24) is 5.43 Å². The predicted octanol–water partition coefficient (Wildman–Crippen LogP) is 2.20. The summed E-state index contributed by atoms with van der Waals surface area (Å²) in [4.78, 5) is 0. The van der Waals surface area contributed by atoms with E-state index in [2.05, 4.69) is 11.5 Å². The highest BCUT2D eigenvalue weighted by molar-refractivity contribution is 5.42. The lowest BCUT2D eigenvalue weighted by Crippen LogP contribution is -2.30. The van der Waals surface area contributed by atoms with E-state index in [1.54, 1.807) is 7.11 Å². The Hall–Kier alpha value is -1.52. The van der Waals surface area contributed by atoms with Crippen LogP contribution < -0.4 is 16.0 Å². The zero-order chi connectivity index (χ0) is 13.0. The normalized spacial score (nSPS) is 16.7. The Morgan fingerprint density at radius 1 is 1.44 bits per heavy atom. The number of ether oxygens (including phenoxy) is 2. The minimum Gasteiger partial charge on any atom is -0.501 e. The second kappa shape index (κ2) is 5.89. The lowest BCUT2D eigenvalue weighted by Gasteiger charge is -2.24. The van der Waals surface area contributed by atoms with Gasteiger partial charge in [0, 0.05) is 5.56 Å². The molecular formula is C14H20N2O2. The number of hydrazine groups is 1. The number of hydrogen-bond acceptors (Lipinski definition) is 4. The van der Waals surface area contributed by atoms with Crippen LogP contribution in [0.1, 0.15) is 30.0 Å². The third kappa shape index (κ3) is 2.66. The summed E-state index contributed by atoms with van der Waals surface area (Å²) in [7, 11) is 1.68. The van der Waals surface area contributed by atoms with Crippen molar-refractivity contribution >= 4 is 0 Å². The van der Waals surface area contributed by atoms with Gasteiger partial charge in [0.1, 0.15) is 5.75 Å². The summed E-state index contributed by atoms with van der Waals surface area (Å²) in [6.45, 7) is 2.83. The maximum absolute atomic E-state index is 5.70. The van der Waals surface area contributed by atoms with Crippen LogP contribution in [-0.2, 0) is 4.74 Å². The monoisotopic (exact) mass is 248 g/mol. The molecule has 1 aliphatic heterocycles. The summed E-state index contributed by atoms with van der Waals surface area (Å²) in [5.74, 6) is 6.55. The summed E-state index contributed by atoms with van der Waals surface area (Å²) in [6.07, 6.45) is 3.83. The van der Waals surface area contributed by atoms with Gasteiger partial charge < -0.3 is 9.47 Å². The van der Waals surface area contributed by atoms with E-state index in [1.165, 1.54) is 5.56 Å². The van der Waals surface area contributed by atoms with Gasteiger partial charge in [-0.2, -0.15) is 0 Å². The van der Waals surface area contributed by atoms with Gasteiger partial charge in [-0.3, -0.25) is 5.84 Å². The van der Waals surface area contributed by atoms with Crippen LogP contribution in [0.4, 0.5) is 0 Å². The molecule has 0 bridgehead atoms. The number of aryl methyl sites for hydroxylation is 1. The van der Waals surface area contributed by atoms with E-state index in [1.807, 2.05) is 25.3 Å². The van der Waals surface area contributed by atoms with Crippen molar-refractivity contribution in [3.05, 3.63) is 41.2 Å². The SMILES string of the molecule is COc1cc(C)ccc1C(NN)C1=COCCC1. The quantitative estimate of drug-likeness (QED) is 0.633. The van der Waals surface area contributed by atoms with Crippen molar-refractivity contribution in [3.8, 4) is 5.75 Å². The minimum absolute atomic E-state index is 0.0548. The Morgan fingerprint density at radius 3 is 2.89 bits per heavy atom. The zero-order valence-electron chi connectivity index (χ0n) is 10.9. The van der Waals surface area contributed by atoms with Crippen LogP contribution in [0.2, 0.25) is 0 Å². The summed E-state index contributed by atoms with van der Waals surface area (Å²) in [5, 5.41) is 0. The Kier molecular flexibility index (Phi) is 4.23. The molecular weight excluding hydrogens is 228 g/mol. The first-order chi connectivity index (χ1) is 8.76. The van der Waals surface area contributed by atoms with E-state index >= 15 is 0 Å². The van der Waals surface area contributed by atoms with Crippen molar-refractivity contribution in [1.29, 1.82) is 0 Å². The molecule has 4 heteroatoms. The number of benzene rings is 1. The fourth-order valence-electron chi connectivity index (χ4n) is 2.25. The molecule has 1 aliphatic rings. The van der Waals surface area contributed by atoms with Gasteiger partial charge in [0.25, 0.3) is 0 Å². The van der Waals surface area contributed by atoms with Gasteiger partial charge in [-0.15, -0.1) is 0 Å². The molecule has 0 radical (unpaired) electrons. The molecule has 18 heavy (non-hydrogen) atoms. The molecule has 0 saturated carbocycles. The summed E-state index contributed by atoms with van der Waals surface area (Å²) >= 11 is 0. The van der Waals surface area contributed by atoms with E-state index in [-0.39, 0.29) is 6.04 Å². The van der Waals surface area contributed by atoms with Crippen molar-refractivity contribution in [2.45, 2.75) is 25.8 Å². The number of rotatable bonds is 4. The molecule has 0 spiro atoms. The van der Waals surface area contributed by atoms with E-state index in [4.69, 9.17) is 15.3 Å². The molecule has 0 saturated heterocycles. The van der Waals surface area contributed by atoms with Crippen molar-refractivity contribution in [2.75, 3.05) is 13.7 Å². The number of methoxy groups -OCH3 is 1. The standard InChI is InChI=1S/C14H20N2O2/c1-10-5-6-12(13(8-10)17-2)14(16-15)11-4-3-7-18-9-11/h5-6,8-9,14,16H,3-4,7,15H2,1-2H3. The molecule has 4 nitrogen and oxygen atoms in total. The van der Waals surface area contributed by atoms with Crippen LogP contribution in [0.5, 0.6) is 5.75 Å². The van der Waals surface area contributed by atoms with Crippen LogP contribution >= 0.6 is 0 Å². The Morgan fingerprint density at radius 2 is 2.28 bits per heavy atom. The molecule has 1 aromatic carbocycles. The van der Waals surface area contributed by atoms with Crippen molar-refractivity contribution < 1.29 is 9.47 Å². The van der Waals surface area contributed by atoms with E-state index in [0.29, 0.717) is 0 Å². The molecule has 3 N–H and O–H groups in total. The second-order valence-electron chi connectivity index (χ2n) is 4.51. The smallest absolute Gasteiger partial charge is 0.124 e. The van der Waals surface area contributed by atoms with E-state index in [9.17, 15) is 0 Å². The highest BCUT2D eigenvalue weighted by Crippen LogP contribution is 2.33. The molecule has 2 rings (SSSR count). The molecule has 1 aromatic rings. The van der Waals surface area contributed by atoms with Gasteiger partial charge in [-0.1, -0.05) is 12.1 Å². The molecule has 1 heterocycles. The van der Waals surface area contributed by atoms with E-state index < -0.39 is 0 Å². The van der Waals surface area contributed by atoms with Gasteiger partial charge in [0.05, 0.1) is 26.0 Å². The van der Waals surface area contributed by atoms with Gasteiger partial charge in [0.15, 0.2) is 0 Å². The first-order valence-corrected chi connectivity index (χ1v) is 6.17. The Bertz CT molecular complexity index is 443. The summed E-state index contributed by atoms with van der Waals surface area (Å²) in [5.41, 5.74) is 6.22. The van der Waals surface area contributed by atoms with Crippen LogP contribution in [0, 0.1) is 6.92 Å². The molecule has 1 unspecified atom stereocenters. The van der Waals surface area contributed by atoms with Crippen LogP contribution in [0.3, 0.4) is 0 Å². The average molecular weight is 248 g/mol. The van der Waals surface area contributed by atoms with Gasteiger partial charge in [-0.05, 0) is 37.0 Å². The lowest BCUT2D eigenvalue weighted by atomic mass is 9.94. The second-order valence-corrected chi connectivity index (χ2v) is 4.51. The Balaban J connectivity index is 2.34. The van der Waals surface area contributed by atoms with Crippen molar-refractivity contribution in [3.63, 3.8) is 0 Å². The average Bonchev–Trinajstić information content (AvgIpc) is 2.42. The highest BCUT2D eigenvalue weighted by atomic mass is 16.5. The van der Waals surface area contributed by atoms with Crippen LogP contribution in [0.25, 0.3) is 0 Å². The molecule has 0 fully saturated rings. The maximum atomic E-state index is 5.70. The molecule has 0 aromatic heterocycles. The van der Waals surface area contributed by atoms with E-state index in [0.717, 1.165) is 36.3 Å². The van der Waals surface area contributed by atoms with Crippen LogP contribution in [-0.4, -0.2) is 13.7 Å². The number of nitrogens with two attached hydrogens (primary N) is 1. The molecule has 0 amide bonds. The summed E-state index contributed by atoms with van der Waals surface area (Å²) in [6, 6.07) is 6.07.